The zero-order valence-electron chi connectivity index (χ0n) is 12.4. The highest BCUT2D eigenvalue weighted by molar-refractivity contribution is 5.82. The fraction of sp³-hybridized carbons (Fsp3) is 0.562. The normalized spacial score (nSPS) is 19.9. The van der Waals surface area contributed by atoms with Crippen molar-refractivity contribution >= 4 is 5.97 Å². The molecule has 1 saturated heterocycles. The van der Waals surface area contributed by atoms with Crippen LogP contribution in [0.15, 0.2) is 30.3 Å². The first-order chi connectivity index (χ1) is 9.75. The van der Waals surface area contributed by atoms with Crippen LogP contribution in [-0.2, 0) is 15.1 Å². The van der Waals surface area contributed by atoms with Gasteiger partial charge in [0.05, 0.1) is 7.11 Å². The monoisotopic (exact) mass is 276 g/mol. The summed E-state index contributed by atoms with van der Waals surface area (Å²) in [5.74, 6) is -0.159. The molecule has 2 rings (SSSR count). The van der Waals surface area contributed by atoms with Crippen molar-refractivity contribution in [1.29, 1.82) is 0 Å². The first kappa shape index (κ1) is 15.0. The van der Waals surface area contributed by atoms with Crippen LogP contribution in [0.2, 0.25) is 0 Å². The van der Waals surface area contributed by atoms with Crippen LogP contribution in [0.3, 0.4) is 0 Å². The second kappa shape index (κ2) is 6.86. The summed E-state index contributed by atoms with van der Waals surface area (Å²) in [5.41, 5.74) is 0.360. The molecule has 4 heteroatoms. The average molecular weight is 276 g/mol. The molecule has 110 valence electrons. The fourth-order valence-electron chi connectivity index (χ4n) is 3.11. The third-order valence-electron chi connectivity index (χ3n) is 4.17. The van der Waals surface area contributed by atoms with E-state index in [9.17, 15) is 4.79 Å². The van der Waals surface area contributed by atoms with E-state index in [0.717, 1.165) is 38.2 Å². The Morgan fingerprint density at radius 3 is 2.70 bits per heavy atom. The Labute approximate surface area is 121 Å². The molecule has 1 fully saturated rings. The number of nitrogens with one attached hydrogen (secondary N) is 1. The number of hydrogen-bond acceptors (Lipinski definition) is 4. The number of rotatable bonds is 4. The zero-order valence-corrected chi connectivity index (χ0v) is 12.4. The van der Waals surface area contributed by atoms with E-state index in [1.807, 2.05) is 30.3 Å². The van der Waals surface area contributed by atoms with Gasteiger partial charge in [-0.3, -0.25) is 4.90 Å². The van der Waals surface area contributed by atoms with E-state index in [-0.39, 0.29) is 5.97 Å². The Hall–Kier alpha value is -1.39. The van der Waals surface area contributed by atoms with Crippen LogP contribution in [0.1, 0.15) is 25.3 Å². The molecule has 0 saturated carbocycles. The Morgan fingerprint density at radius 1 is 1.30 bits per heavy atom. The van der Waals surface area contributed by atoms with Gasteiger partial charge in [0.1, 0.15) is 5.54 Å². The number of hydrogen-bond donors (Lipinski definition) is 1. The van der Waals surface area contributed by atoms with Crippen molar-refractivity contribution < 1.29 is 9.53 Å². The maximum Gasteiger partial charge on any atom is 0.330 e. The van der Waals surface area contributed by atoms with Gasteiger partial charge in [-0.2, -0.15) is 0 Å². The first-order valence-corrected chi connectivity index (χ1v) is 7.35. The molecule has 1 aliphatic heterocycles. The molecule has 1 N–H and O–H groups in total. The lowest BCUT2D eigenvalue weighted by Crippen LogP contribution is -2.53. The maximum absolute atomic E-state index is 12.6. The van der Waals surface area contributed by atoms with E-state index < -0.39 is 5.54 Å². The van der Waals surface area contributed by atoms with Crippen molar-refractivity contribution in [3.8, 4) is 0 Å². The van der Waals surface area contributed by atoms with Crippen LogP contribution >= 0.6 is 0 Å². The van der Waals surface area contributed by atoms with Crippen LogP contribution in [0, 0.1) is 0 Å². The van der Waals surface area contributed by atoms with Gasteiger partial charge in [0, 0.05) is 19.6 Å². The van der Waals surface area contributed by atoms with E-state index in [1.165, 1.54) is 7.11 Å². The van der Waals surface area contributed by atoms with E-state index in [1.54, 1.807) is 0 Å². The SMILES string of the molecule is CCC(C(=O)OC)(c1ccccc1)N1CCCNCC1. The molecule has 1 heterocycles. The summed E-state index contributed by atoms with van der Waals surface area (Å²) in [5, 5.41) is 3.39. The summed E-state index contributed by atoms with van der Waals surface area (Å²) in [6.45, 7) is 5.74. The molecule has 1 unspecified atom stereocenters. The lowest BCUT2D eigenvalue weighted by atomic mass is 9.85. The zero-order chi connectivity index (χ0) is 14.4. The second-order valence-electron chi connectivity index (χ2n) is 5.16. The first-order valence-electron chi connectivity index (χ1n) is 7.35. The highest BCUT2D eigenvalue weighted by Gasteiger charge is 2.45. The van der Waals surface area contributed by atoms with Gasteiger partial charge >= 0.3 is 5.97 Å². The van der Waals surface area contributed by atoms with Crippen LogP contribution in [0.25, 0.3) is 0 Å². The summed E-state index contributed by atoms with van der Waals surface area (Å²) >= 11 is 0. The van der Waals surface area contributed by atoms with Crippen LogP contribution < -0.4 is 5.32 Å². The van der Waals surface area contributed by atoms with E-state index >= 15 is 0 Å². The summed E-state index contributed by atoms with van der Waals surface area (Å²) in [6, 6.07) is 10.0. The standard InChI is InChI=1S/C16H24N2O2/c1-3-16(15(19)20-2,14-8-5-4-6-9-14)18-12-7-10-17-11-13-18/h4-6,8-9,17H,3,7,10-13H2,1-2H3. The largest absolute Gasteiger partial charge is 0.467 e. The lowest BCUT2D eigenvalue weighted by molar-refractivity contribution is -0.156. The summed E-state index contributed by atoms with van der Waals surface area (Å²) in [7, 11) is 1.48. The maximum atomic E-state index is 12.6. The molecule has 0 aliphatic carbocycles. The van der Waals surface area contributed by atoms with Gasteiger partial charge < -0.3 is 10.1 Å². The van der Waals surface area contributed by atoms with Gasteiger partial charge in [0.2, 0.25) is 0 Å². The Bertz CT molecular complexity index is 427. The second-order valence-corrected chi connectivity index (χ2v) is 5.16. The third-order valence-corrected chi connectivity index (χ3v) is 4.17. The van der Waals surface area contributed by atoms with Crippen molar-refractivity contribution in [3.63, 3.8) is 0 Å². The number of ether oxygens (including phenoxy) is 1. The molecule has 0 aromatic heterocycles. The minimum Gasteiger partial charge on any atom is -0.467 e. The molecule has 0 spiro atoms. The molecule has 1 aromatic carbocycles. The number of benzene rings is 1. The van der Waals surface area contributed by atoms with Crippen LogP contribution in [0.4, 0.5) is 0 Å². The fourth-order valence-corrected chi connectivity index (χ4v) is 3.11. The number of carbonyl (C=O) groups excluding carboxylic acids is 1. The molecule has 0 radical (unpaired) electrons. The van der Waals surface area contributed by atoms with Gasteiger partial charge in [-0.05, 0) is 24.9 Å². The van der Waals surface area contributed by atoms with Crippen molar-refractivity contribution in [2.45, 2.75) is 25.3 Å². The number of methoxy groups -OCH3 is 1. The molecule has 0 bridgehead atoms. The van der Waals surface area contributed by atoms with Gasteiger partial charge in [0.15, 0.2) is 0 Å². The smallest absolute Gasteiger partial charge is 0.330 e. The topological polar surface area (TPSA) is 41.6 Å². The summed E-state index contributed by atoms with van der Waals surface area (Å²) in [4.78, 5) is 14.9. The minimum absolute atomic E-state index is 0.159. The van der Waals surface area contributed by atoms with Crippen molar-refractivity contribution in [3.05, 3.63) is 35.9 Å². The van der Waals surface area contributed by atoms with E-state index in [2.05, 4.69) is 17.1 Å². The van der Waals surface area contributed by atoms with Crippen LogP contribution in [-0.4, -0.2) is 44.2 Å². The summed E-state index contributed by atoms with van der Waals surface area (Å²) in [6.07, 6.45) is 1.76. The van der Waals surface area contributed by atoms with Crippen LogP contribution in [0.5, 0.6) is 0 Å². The lowest BCUT2D eigenvalue weighted by Gasteiger charge is -2.41. The van der Waals surface area contributed by atoms with Gasteiger partial charge in [-0.15, -0.1) is 0 Å². The molecule has 1 aromatic rings. The average Bonchev–Trinajstić information content (AvgIpc) is 2.79. The molecule has 1 aliphatic rings. The third kappa shape index (κ3) is 2.72. The van der Waals surface area contributed by atoms with Crippen molar-refractivity contribution in [1.82, 2.24) is 10.2 Å². The van der Waals surface area contributed by atoms with Crippen molar-refractivity contribution in [2.24, 2.45) is 0 Å². The Balaban J connectivity index is 2.44. The predicted molar refractivity (Wildman–Crippen MR) is 79.5 cm³/mol. The van der Waals surface area contributed by atoms with E-state index in [0.29, 0.717) is 6.42 Å². The van der Waals surface area contributed by atoms with E-state index in [4.69, 9.17) is 4.74 Å². The highest BCUT2D eigenvalue weighted by Crippen LogP contribution is 2.34. The number of carbonyl (C=O) groups is 1. The molecule has 1 atom stereocenters. The van der Waals surface area contributed by atoms with Crippen molar-refractivity contribution in [2.75, 3.05) is 33.3 Å². The summed E-state index contributed by atoms with van der Waals surface area (Å²) < 4.78 is 5.15. The molecular weight excluding hydrogens is 252 g/mol. The van der Waals surface area contributed by atoms with Gasteiger partial charge in [-0.25, -0.2) is 4.79 Å². The quantitative estimate of drug-likeness (QED) is 0.851. The minimum atomic E-state index is -0.665. The van der Waals surface area contributed by atoms with Gasteiger partial charge in [0.25, 0.3) is 0 Å². The predicted octanol–water partition coefficient (Wildman–Crippen LogP) is 1.76. The molecule has 0 amide bonds. The molecule has 20 heavy (non-hydrogen) atoms. The number of nitrogens with zero attached hydrogens (tertiary/aromatic N) is 1. The molecular formula is C16H24N2O2. The Kier molecular flexibility index (Phi) is 5.15. The van der Waals surface area contributed by atoms with Gasteiger partial charge in [-0.1, -0.05) is 37.3 Å². The Morgan fingerprint density at radius 2 is 2.05 bits per heavy atom. The highest BCUT2D eigenvalue weighted by atomic mass is 16.5. The number of esters is 1. The molecule has 4 nitrogen and oxygen atoms in total.